The Kier molecular flexibility index (Phi) is 3.26. The Balaban J connectivity index is 1.79. The molecule has 0 bridgehead atoms. The van der Waals surface area contributed by atoms with Crippen LogP contribution in [0.1, 0.15) is 5.76 Å². The molecule has 8 nitrogen and oxygen atoms in total. The number of benzene rings is 1. The zero-order chi connectivity index (χ0) is 14.7. The minimum Gasteiger partial charge on any atom is -0.400 e. The van der Waals surface area contributed by atoms with Gasteiger partial charge in [0.2, 0.25) is 0 Å². The Bertz CT molecular complexity index is 822. The molecule has 0 aliphatic heterocycles. The van der Waals surface area contributed by atoms with E-state index in [0.29, 0.717) is 5.82 Å². The molecule has 1 aromatic carbocycles. The van der Waals surface area contributed by atoms with Crippen LogP contribution in [-0.2, 0) is 0 Å². The fourth-order valence-electron chi connectivity index (χ4n) is 1.78. The van der Waals surface area contributed by atoms with Crippen molar-refractivity contribution in [1.29, 1.82) is 0 Å². The van der Waals surface area contributed by atoms with E-state index in [9.17, 15) is 10.1 Å². The van der Waals surface area contributed by atoms with E-state index in [0.717, 1.165) is 10.8 Å². The first-order chi connectivity index (χ1) is 10.2. The standard InChI is InChI=1S/C13H9N5O3/c19-18(20)12-6-5-10(21-12)8-15-17-13-11-4-2-1-3-9(11)7-14-16-13/h1-8H,(H,16,17)/b15-8-. The van der Waals surface area contributed by atoms with Crippen molar-refractivity contribution >= 4 is 28.7 Å². The molecular weight excluding hydrogens is 274 g/mol. The van der Waals surface area contributed by atoms with Crippen molar-refractivity contribution in [2.75, 3.05) is 5.43 Å². The molecule has 0 radical (unpaired) electrons. The summed E-state index contributed by atoms with van der Waals surface area (Å²) in [6.07, 6.45) is 2.98. The third kappa shape index (κ3) is 2.68. The Morgan fingerprint density at radius 2 is 2.14 bits per heavy atom. The summed E-state index contributed by atoms with van der Waals surface area (Å²) in [5.74, 6) is 0.425. The van der Waals surface area contributed by atoms with Crippen molar-refractivity contribution in [2.24, 2.45) is 5.10 Å². The monoisotopic (exact) mass is 283 g/mol. The van der Waals surface area contributed by atoms with E-state index >= 15 is 0 Å². The molecule has 0 aliphatic rings. The first-order valence-electron chi connectivity index (χ1n) is 5.98. The summed E-state index contributed by atoms with van der Waals surface area (Å²) in [6.45, 7) is 0. The quantitative estimate of drug-likeness (QED) is 0.448. The highest BCUT2D eigenvalue weighted by Crippen LogP contribution is 2.19. The van der Waals surface area contributed by atoms with Gasteiger partial charge in [0.15, 0.2) is 11.6 Å². The number of furan rings is 1. The van der Waals surface area contributed by atoms with E-state index in [1.54, 1.807) is 6.20 Å². The van der Waals surface area contributed by atoms with Gasteiger partial charge in [-0.3, -0.25) is 15.5 Å². The van der Waals surface area contributed by atoms with Crippen LogP contribution in [0.5, 0.6) is 0 Å². The third-order valence-corrected chi connectivity index (χ3v) is 2.73. The van der Waals surface area contributed by atoms with Gasteiger partial charge in [0, 0.05) is 10.8 Å². The number of hydrogen-bond acceptors (Lipinski definition) is 7. The molecule has 0 spiro atoms. The number of rotatable bonds is 4. The van der Waals surface area contributed by atoms with Crippen molar-refractivity contribution in [1.82, 2.24) is 10.2 Å². The van der Waals surface area contributed by atoms with Gasteiger partial charge < -0.3 is 4.42 Å². The maximum absolute atomic E-state index is 10.5. The van der Waals surface area contributed by atoms with Gasteiger partial charge in [-0.15, -0.1) is 5.10 Å². The van der Waals surface area contributed by atoms with Gasteiger partial charge in [0.25, 0.3) is 0 Å². The SMILES string of the molecule is O=[N+]([O-])c1ccc(/C=N\Nc2nncc3ccccc23)o1. The largest absolute Gasteiger partial charge is 0.433 e. The summed E-state index contributed by atoms with van der Waals surface area (Å²) in [5, 5.41) is 24.1. The van der Waals surface area contributed by atoms with Gasteiger partial charge in [-0.1, -0.05) is 24.3 Å². The van der Waals surface area contributed by atoms with E-state index in [1.165, 1.54) is 18.3 Å². The Hall–Kier alpha value is -3.29. The zero-order valence-corrected chi connectivity index (χ0v) is 10.6. The second kappa shape index (κ2) is 5.37. The molecule has 0 fully saturated rings. The summed E-state index contributed by atoms with van der Waals surface area (Å²) < 4.78 is 4.95. The van der Waals surface area contributed by atoms with Crippen molar-refractivity contribution < 1.29 is 9.34 Å². The molecule has 0 saturated heterocycles. The molecule has 2 aromatic heterocycles. The maximum atomic E-state index is 10.5. The topological polar surface area (TPSA) is 106 Å². The molecule has 21 heavy (non-hydrogen) atoms. The lowest BCUT2D eigenvalue weighted by Crippen LogP contribution is -1.96. The van der Waals surface area contributed by atoms with E-state index in [2.05, 4.69) is 20.7 Å². The fraction of sp³-hybridized carbons (Fsp3) is 0. The summed E-state index contributed by atoms with van der Waals surface area (Å²) in [6, 6.07) is 10.3. The molecule has 3 rings (SSSR count). The molecule has 8 heteroatoms. The minimum atomic E-state index is -0.610. The molecule has 0 atom stereocenters. The number of hydrogen-bond donors (Lipinski definition) is 1. The van der Waals surface area contributed by atoms with Gasteiger partial charge in [-0.25, -0.2) is 0 Å². The number of hydrazone groups is 1. The Labute approximate surface area is 118 Å². The van der Waals surface area contributed by atoms with Crippen molar-refractivity contribution in [3.63, 3.8) is 0 Å². The summed E-state index contributed by atoms with van der Waals surface area (Å²) in [7, 11) is 0. The van der Waals surface area contributed by atoms with Crippen LogP contribution in [0.15, 0.2) is 52.1 Å². The van der Waals surface area contributed by atoms with E-state index in [-0.39, 0.29) is 11.6 Å². The Morgan fingerprint density at radius 3 is 2.95 bits per heavy atom. The molecule has 1 N–H and O–H groups in total. The Morgan fingerprint density at radius 1 is 1.29 bits per heavy atom. The molecule has 0 saturated carbocycles. The minimum absolute atomic E-state index is 0.266. The van der Waals surface area contributed by atoms with E-state index in [1.807, 2.05) is 24.3 Å². The smallest absolute Gasteiger partial charge is 0.400 e. The van der Waals surface area contributed by atoms with Crippen LogP contribution in [0.3, 0.4) is 0 Å². The first kappa shape index (κ1) is 12.7. The van der Waals surface area contributed by atoms with Gasteiger partial charge in [0.05, 0.1) is 18.5 Å². The summed E-state index contributed by atoms with van der Waals surface area (Å²) >= 11 is 0. The lowest BCUT2D eigenvalue weighted by Gasteiger charge is -2.02. The lowest BCUT2D eigenvalue weighted by molar-refractivity contribution is -0.402. The fourth-order valence-corrected chi connectivity index (χ4v) is 1.78. The van der Waals surface area contributed by atoms with Crippen molar-refractivity contribution in [3.8, 4) is 0 Å². The molecule has 2 heterocycles. The van der Waals surface area contributed by atoms with Crippen LogP contribution in [0, 0.1) is 10.1 Å². The highest BCUT2D eigenvalue weighted by Gasteiger charge is 2.10. The second-order valence-corrected chi connectivity index (χ2v) is 4.08. The zero-order valence-electron chi connectivity index (χ0n) is 10.6. The molecule has 0 aliphatic carbocycles. The van der Waals surface area contributed by atoms with Gasteiger partial charge in [-0.2, -0.15) is 10.2 Å². The van der Waals surface area contributed by atoms with Gasteiger partial charge >= 0.3 is 5.88 Å². The summed E-state index contributed by atoms with van der Waals surface area (Å²) in [5.41, 5.74) is 2.74. The predicted molar refractivity (Wildman–Crippen MR) is 76.1 cm³/mol. The number of anilines is 1. The molecule has 104 valence electrons. The highest BCUT2D eigenvalue weighted by molar-refractivity contribution is 5.91. The van der Waals surface area contributed by atoms with Crippen molar-refractivity contribution in [3.05, 3.63) is 58.5 Å². The average molecular weight is 283 g/mol. The molecule has 0 unspecified atom stereocenters. The molecule has 0 amide bonds. The van der Waals surface area contributed by atoms with Crippen molar-refractivity contribution in [2.45, 2.75) is 0 Å². The number of nitrogens with zero attached hydrogens (tertiary/aromatic N) is 4. The van der Waals surface area contributed by atoms with E-state index < -0.39 is 4.92 Å². The number of fused-ring (bicyclic) bond motifs is 1. The van der Waals surface area contributed by atoms with Crippen LogP contribution in [0.2, 0.25) is 0 Å². The van der Waals surface area contributed by atoms with Crippen LogP contribution in [0.25, 0.3) is 10.8 Å². The van der Waals surface area contributed by atoms with Gasteiger partial charge in [-0.05, 0) is 6.07 Å². The number of nitro groups is 1. The second-order valence-electron chi connectivity index (χ2n) is 4.08. The number of nitrogens with one attached hydrogen (secondary N) is 1. The van der Waals surface area contributed by atoms with Crippen LogP contribution in [0.4, 0.5) is 11.7 Å². The highest BCUT2D eigenvalue weighted by atomic mass is 16.6. The summed E-state index contributed by atoms with van der Waals surface area (Å²) in [4.78, 5) is 9.88. The van der Waals surface area contributed by atoms with Crippen LogP contribution < -0.4 is 5.43 Å². The third-order valence-electron chi connectivity index (χ3n) is 2.73. The molecular formula is C13H9N5O3. The lowest BCUT2D eigenvalue weighted by atomic mass is 10.2. The molecule has 3 aromatic rings. The maximum Gasteiger partial charge on any atom is 0.433 e. The van der Waals surface area contributed by atoms with Crippen LogP contribution >= 0.6 is 0 Å². The average Bonchev–Trinajstić information content (AvgIpc) is 2.97. The normalized spacial score (nSPS) is 11.0. The predicted octanol–water partition coefficient (Wildman–Crippen LogP) is 2.58. The van der Waals surface area contributed by atoms with Gasteiger partial charge in [0.1, 0.15) is 4.92 Å². The van der Waals surface area contributed by atoms with Crippen LogP contribution in [-0.4, -0.2) is 21.3 Å². The van der Waals surface area contributed by atoms with E-state index in [4.69, 9.17) is 4.42 Å². The first-order valence-corrected chi connectivity index (χ1v) is 5.98. The number of aromatic nitrogens is 2.